The highest BCUT2D eigenvalue weighted by Gasteiger charge is 2.19. The lowest BCUT2D eigenvalue weighted by Crippen LogP contribution is -2.15. The van der Waals surface area contributed by atoms with Gasteiger partial charge >= 0.3 is 0 Å². The summed E-state index contributed by atoms with van der Waals surface area (Å²) in [4.78, 5) is 0. The molecule has 10 heavy (non-hydrogen) atoms. The van der Waals surface area contributed by atoms with Crippen LogP contribution in [0.2, 0.25) is 11.6 Å². The zero-order valence-corrected chi connectivity index (χ0v) is 7.27. The fourth-order valence-corrected chi connectivity index (χ4v) is 1.90. The summed E-state index contributed by atoms with van der Waals surface area (Å²) >= 11 is 0. The minimum Gasteiger partial charge on any atom is -0.0688 e. The first kappa shape index (κ1) is 8.16. The zero-order chi connectivity index (χ0) is 7.40. The molecule has 2 unspecified atom stereocenters. The molecule has 0 amide bonds. The Morgan fingerprint density at radius 1 is 1.10 bits per heavy atom. The van der Waals surface area contributed by atoms with E-state index in [1.165, 1.54) is 32.1 Å². The molecule has 57 valence electrons. The number of rotatable bonds is 2. The van der Waals surface area contributed by atoms with Crippen LogP contribution in [0, 0.1) is 0 Å². The monoisotopic (exact) mass is 137 g/mol. The fraction of sp³-hybridized carbons (Fsp3) is 1.00. The molecule has 0 aliphatic carbocycles. The van der Waals surface area contributed by atoms with E-state index in [0.29, 0.717) is 0 Å². The lowest BCUT2D eigenvalue weighted by atomic mass is 9.48. The van der Waals surface area contributed by atoms with E-state index in [9.17, 15) is 0 Å². The van der Waals surface area contributed by atoms with Crippen LogP contribution in [0.5, 0.6) is 0 Å². The van der Waals surface area contributed by atoms with E-state index in [2.05, 4.69) is 21.1 Å². The third-order valence-electron chi connectivity index (χ3n) is 2.74. The molecule has 0 aromatic heterocycles. The molecule has 1 fully saturated rings. The first-order valence-electron chi connectivity index (χ1n) is 4.71. The molecular weight excluding hydrogens is 119 g/mol. The smallest absolute Gasteiger partial charge is 0.0688 e. The van der Waals surface area contributed by atoms with E-state index in [0.717, 1.165) is 11.6 Å². The van der Waals surface area contributed by atoms with Gasteiger partial charge in [-0.1, -0.05) is 57.6 Å². The molecule has 1 rings (SSSR count). The minimum atomic E-state index is 0.943. The summed E-state index contributed by atoms with van der Waals surface area (Å²) in [6, 6.07) is 0. The second-order valence-corrected chi connectivity index (χ2v) is 3.46. The van der Waals surface area contributed by atoms with Gasteiger partial charge in [-0.3, -0.25) is 0 Å². The van der Waals surface area contributed by atoms with Gasteiger partial charge in [0, 0.05) is 0 Å². The van der Waals surface area contributed by atoms with Crippen molar-refractivity contribution in [1.82, 2.24) is 0 Å². The van der Waals surface area contributed by atoms with E-state index in [-0.39, 0.29) is 0 Å². The lowest BCUT2D eigenvalue weighted by molar-refractivity contribution is 0.548. The normalized spacial score (nSPS) is 33.4. The van der Waals surface area contributed by atoms with Gasteiger partial charge < -0.3 is 0 Å². The van der Waals surface area contributed by atoms with Crippen LogP contribution in [0.1, 0.15) is 46.0 Å². The van der Waals surface area contributed by atoms with E-state index in [1.807, 2.05) is 0 Å². The third kappa shape index (κ3) is 2.03. The summed E-state index contributed by atoms with van der Waals surface area (Å²) in [6.07, 6.45) is 7.08. The van der Waals surface area contributed by atoms with Crippen molar-refractivity contribution < 1.29 is 0 Å². The van der Waals surface area contributed by atoms with Gasteiger partial charge in [-0.05, 0) is 0 Å². The fourth-order valence-electron chi connectivity index (χ4n) is 1.90. The van der Waals surface area contributed by atoms with E-state index < -0.39 is 0 Å². The molecule has 0 saturated carbocycles. The molecule has 0 N–H and O–H groups in total. The molecule has 0 aromatic rings. The summed E-state index contributed by atoms with van der Waals surface area (Å²) in [5, 5.41) is 0. The van der Waals surface area contributed by atoms with Crippen molar-refractivity contribution in [3.63, 3.8) is 0 Å². The van der Waals surface area contributed by atoms with Crippen LogP contribution in [-0.4, -0.2) is 7.28 Å². The summed E-state index contributed by atoms with van der Waals surface area (Å²) < 4.78 is 0. The Morgan fingerprint density at radius 2 is 1.60 bits per heavy atom. The average molecular weight is 137 g/mol. The Balaban J connectivity index is 2.25. The standard InChI is InChI=1S/C9H18B/c1-3-8-6-5-7-9(4-2)10-8/h8-9H,3-7H2,1-2H3. The Hall–Kier alpha value is 0.0649. The van der Waals surface area contributed by atoms with Crippen molar-refractivity contribution in [2.24, 2.45) is 0 Å². The molecule has 1 saturated heterocycles. The van der Waals surface area contributed by atoms with Crippen molar-refractivity contribution >= 4 is 7.28 Å². The topological polar surface area (TPSA) is 0 Å². The molecule has 0 spiro atoms. The summed E-state index contributed by atoms with van der Waals surface area (Å²) in [5.74, 6) is 1.89. The van der Waals surface area contributed by atoms with Gasteiger partial charge in [0.25, 0.3) is 0 Å². The Bertz CT molecular complexity index is 80.7. The van der Waals surface area contributed by atoms with Gasteiger partial charge in [0.1, 0.15) is 7.28 Å². The highest BCUT2D eigenvalue weighted by Crippen LogP contribution is 2.33. The van der Waals surface area contributed by atoms with E-state index in [4.69, 9.17) is 0 Å². The molecular formula is C9H18B. The molecule has 0 nitrogen and oxygen atoms in total. The van der Waals surface area contributed by atoms with Gasteiger partial charge in [0.05, 0.1) is 0 Å². The van der Waals surface area contributed by atoms with Crippen molar-refractivity contribution in [3.05, 3.63) is 0 Å². The highest BCUT2D eigenvalue weighted by atomic mass is 14.1. The molecule has 0 aromatic carbocycles. The van der Waals surface area contributed by atoms with Gasteiger partial charge in [0.15, 0.2) is 0 Å². The highest BCUT2D eigenvalue weighted by molar-refractivity contribution is 6.39. The predicted molar refractivity (Wildman–Crippen MR) is 47.7 cm³/mol. The second kappa shape index (κ2) is 4.05. The van der Waals surface area contributed by atoms with Crippen molar-refractivity contribution in [2.75, 3.05) is 0 Å². The van der Waals surface area contributed by atoms with Gasteiger partial charge in [-0.25, -0.2) is 0 Å². The molecule has 1 radical (unpaired) electrons. The molecule has 0 bridgehead atoms. The van der Waals surface area contributed by atoms with E-state index >= 15 is 0 Å². The van der Waals surface area contributed by atoms with Gasteiger partial charge in [-0.15, -0.1) is 0 Å². The predicted octanol–water partition coefficient (Wildman–Crippen LogP) is 3.27. The maximum Gasteiger partial charge on any atom is 0.117 e. The molecule has 1 aliphatic heterocycles. The summed E-state index contributed by atoms with van der Waals surface area (Å²) in [5.41, 5.74) is 0. The molecule has 1 aliphatic rings. The minimum absolute atomic E-state index is 0.943. The van der Waals surface area contributed by atoms with Crippen LogP contribution in [0.3, 0.4) is 0 Å². The van der Waals surface area contributed by atoms with E-state index in [1.54, 1.807) is 0 Å². The first-order chi connectivity index (χ1) is 4.86. The summed E-state index contributed by atoms with van der Waals surface area (Å²) in [7, 11) is 2.59. The second-order valence-electron chi connectivity index (χ2n) is 3.46. The first-order valence-corrected chi connectivity index (χ1v) is 4.71. The van der Waals surface area contributed by atoms with Crippen molar-refractivity contribution in [2.45, 2.75) is 57.6 Å². The van der Waals surface area contributed by atoms with Gasteiger partial charge in [-0.2, -0.15) is 0 Å². The number of hydrogen-bond acceptors (Lipinski definition) is 0. The maximum atomic E-state index is 2.59. The third-order valence-corrected chi connectivity index (χ3v) is 2.74. The van der Waals surface area contributed by atoms with Crippen LogP contribution in [-0.2, 0) is 0 Å². The molecule has 1 heteroatoms. The molecule has 1 heterocycles. The molecule has 2 atom stereocenters. The van der Waals surface area contributed by atoms with Gasteiger partial charge in [0.2, 0.25) is 0 Å². The quantitative estimate of drug-likeness (QED) is 0.512. The zero-order valence-electron chi connectivity index (χ0n) is 7.27. The van der Waals surface area contributed by atoms with Crippen LogP contribution in [0.4, 0.5) is 0 Å². The van der Waals surface area contributed by atoms with Crippen LogP contribution in [0.25, 0.3) is 0 Å². The maximum absolute atomic E-state index is 2.59. The Morgan fingerprint density at radius 3 is 2.00 bits per heavy atom. The Kier molecular flexibility index (Phi) is 3.31. The Labute approximate surface area is 65.6 Å². The van der Waals surface area contributed by atoms with Crippen LogP contribution >= 0.6 is 0 Å². The van der Waals surface area contributed by atoms with Crippen LogP contribution < -0.4 is 0 Å². The van der Waals surface area contributed by atoms with Crippen molar-refractivity contribution in [3.8, 4) is 0 Å². The average Bonchev–Trinajstić information content (AvgIpc) is 2.05. The largest absolute Gasteiger partial charge is 0.117 e. The van der Waals surface area contributed by atoms with Crippen LogP contribution in [0.15, 0.2) is 0 Å². The van der Waals surface area contributed by atoms with Crippen molar-refractivity contribution in [1.29, 1.82) is 0 Å². The number of hydrogen-bond donors (Lipinski definition) is 0. The SMILES string of the molecule is CCC1[B]C(CC)CCC1. The lowest BCUT2D eigenvalue weighted by Gasteiger charge is -2.26. The summed E-state index contributed by atoms with van der Waals surface area (Å²) in [6.45, 7) is 4.61.